The van der Waals surface area contributed by atoms with Crippen molar-refractivity contribution in [2.75, 3.05) is 44.7 Å². The molecule has 0 amide bonds. The maximum absolute atomic E-state index is 13.9. The fourth-order valence-corrected chi connectivity index (χ4v) is 2.52. The summed E-state index contributed by atoms with van der Waals surface area (Å²) in [6.07, 6.45) is 1.55. The Balaban J connectivity index is 1.71. The summed E-state index contributed by atoms with van der Waals surface area (Å²) in [6, 6.07) is 3.84. The quantitative estimate of drug-likeness (QED) is 0.938. The lowest BCUT2D eigenvalue weighted by Crippen LogP contribution is -2.39. The molecule has 1 aromatic carbocycles. The molecule has 112 valence electrons. The third-order valence-corrected chi connectivity index (χ3v) is 3.61. The van der Waals surface area contributed by atoms with E-state index < -0.39 is 11.6 Å². The first-order valence-corrected chi connectivity index (χ1v) is 7.02. The summed E-state index contributed by atoms with van der Waals surface area (Å²) in [7, 11) is 0. The highest BCUT2D eigenvalue weighted by Gasteiger charge is 2.12. The highest BCUT2D eigenvalue weighted by Crippen LogP contribution is 2.25. The van der Waals surface area contributed by atoms with Gasteiger partial charge in [-0.25, -0.2) is 8.78 Å². The summed E-state index contributed by atoms with van der Waals surface area (Å²) in [4.78, 5) is 6.30. The van der Waals surface area contributed by atoms with Gasteiger partial charge in [-0.3, -0.25) is 9.88 Å². The number of anilines is 1. The van der Waals surface area contributed by atoms with Crippen molar-refractivity contribution in [2.24, 2.45) is 0 Å². The van der Waals surface area contributed by atoms with Crippen molar-refractivity contribution < 1.29 is 13.5 Å². The van der Waals surface area contributed by atoms with Crippen LogP contribution in [0.5, 0.6) is 0 Å². The number of hydrogen-bond acceptors (Lipinski definition) is 4. The highest BCUT2D eigenvalue weighted by atomic mass is 19.1. The molecular weight excluding hydrogens is 276 g/mol. The molecule has 1 N–H and O–H groups in total. The van der Waals surface area contributed by atoms with Crippen molar-refractivity contribution in [3.63, 3.8) is 0 Å². The summed E-state index contributed by atoms with van der Waals surface area (Å²) < 4.78 is 32.4. The van der Waals surface area contributed by atoms with E-state index in [0.717, 1.165) is 38.9 Å². The fraction of sp³-hybridized carbons (Fsp3) is 0.400. The van der Waals surface area contributed by atoms with Gasteiger partial charge in [0.05, 0.1) is 24.1 Å². The number of rotatable bonds is 4. The van der Waals surface area contributed by atoms with E-state index in [-0.39, 0.29) is 0 Å². The number of nitrogens with zero attached hydrogens (tertiary/aromatic N) is 2. The number of morpholine rings is 1. The van der Waals surface area contributed by atoms with Crippen LogP contribution in [0, 0.1) is 11.6 Å². The lowest BCUT2D eigenvalue weighted by molar-refractivity contribution is 0.0398. The van der Waals surface area contributed by atoms with E-state index in [2.05, 4.69) is 15.2 Å². The minimum Gasteiger partial charge on any atom is -0.383 e. The minimum atomic E-state index is -0.613. The molecule has 6 heteroatoms. The molecule has 0 atom stereocenters. The zero-order chi connectivity index (χ0) is 14.7. The molecule has 0 spiro atoms. The van der Waals surface area contributed by atoms with Gasteiger partial charge in [0.15, 0.2) is 0 Å². The number of fused-ring (bicyclic) bond motifs is 1. The molecule has 2 heterocycles. The summed E-state index contributed by atoms with van der Waals surface area (Å²) in [5.74, 6) is -1.20. The molecule has 1 aliphatic heterocycles. The van der Waals surface area contributed by atoms with Crippen LogP contribution in [0.1, 0.15) is 0 Å². The van der Waals surface area contributed by atoms with Gasteiger partial charge in [-0.15, -0.1) is 0 Å². The number of aromatic nitrogens is 1. The molecule has 4 nitrogen and oxygen atoms in total. The van der Waals surface area contributed by atoms with E-state index in [9.17, 15) is 8.78 Å². The van der Waals surface area contributed by atoms with E-state index in [1.54, 1.807) is 12.3 Å². The second-order valence-electron chi connectivity index (χ2n) is 5.02. The topological polar surface area (TPSA) is 37.4 Å². The summed E-state index contributed by atoms with van der Waals surface area (Å²) in [6.45, 7) is 4.89. The first-order chi connectivity index (χ1) is 10.2. The normalized spacial score (nSPS) is 16.3. The number of pyridine rings is 1. The second-order valence-corrected chi connectivity index (χ2v) is 5.02. The third kappa shape index (κ3) is 3.28. The smallest absolute Gasteiger partial charge is 0.137 e. The van der Waals surface area contributed by atoms with E-state index >= 15 is 0 Å². The maximum atomic E-state index is 13.9. The average molecular weight is 293 g/mol. The van der Waals surface area contributed by atoms with Crippen LogP contribution in [0.25, 0.3) is 10.9 Å². The Bertz CT molecular complexity index is 630. The summed E-state index contributed by atoms with van der Waals surface area (Å²) >= 11 is 0. The van der Waals surface area contributed by atoms with Crippen LogP contribution in [0.3, 0.4) is 0 Å². The molecule has 1 aromatic heterocycles. The number of benzene rings is 1. The van der Waals surface area contributed by atoms with Crippen LogP contribution in [0.2, 0.25) is 0 Å². The average Bonchev–Trinajstić information content (AvgIpc) is 2.48. The number of ether oxygens (including phenoxy) is 1. The lowest BCUT2D eigenvalue weighted by atomic mass is 10.1. The Kier molecular flexibility index (Phi) is 4.26. The van der Waals surface area contributed by atoms with E-state index in [1.165, 1.54) is 6.07 Å². The summed E-state index contributed by atoms with van der Waals surface area (Å²) in [5, 5.41) is 3.54. The van der Waals surface area contributed by atoms with Crippen LogP contribution in [0.4, 0.5) is 14.5 Å². The van der Waals surface area contributed by atoms with Crippen molar-refractivity contribution in [3.05, 3.63) is 36.0 Å². The predicted octanol–water partition coefficient (Wildman–Crippen LogP) is 2.26. The van der Waals surface area contributed by atoms with Gasteiger partial charge >= 0.3 is 0 Å². The van der Waals surface area contributed by atoms with Crippen molar-refractivity contribution >= 4 is 16.6 Å². The molecule has 0 radical (unpaired) electrons. The SMILES string of the molecule is Fc1cc(F)c2c(NCCN3CCOCC3)ccnc2c1. The molecule has 0 unspecified atom stereocenters. The van der Waals surface area contributed by atoms with Gasteiger partial charge < -0.3 is 10.1 Å². The molecule has 1 fully saturated rings. The monoisotopic (exact) mass is 293 g/mol. The van der Waals surface area contributed by atoms with E-state index in [4.69, 9.17) is 4.74 Å². The Morgan fingerprint density at radius 1 is 1.24 bits per heavy atom. The summed E-state index contributed by atoms with van der Waals surface area (Å²) in [5.41, 5.74) is 0.967. The van der Waals surface area contributed by atoms with Crippen LogP contribution in [-0.4, -0.2) is 49.3 Å². The zero-order valence-electron chi connectivity index (χ0n) is 11.6. The van der Waals surface area contributed by atoms with Gasteiger partial charge in [0.25, 0.3) is 0 Å². The Labute approximate surface area is 121 Å². The van der Waals surface area contributed by atoms with Crippen LogP contribution in [0.15, 0.2) is 24.4 Å². The lowest BCUT2D eigenvalue weighted by Gasteiger charge is -2.26. The van der Waals surface area contributed by atoms with Gasteiger partial charge in [-0.05, 0) is 6.07 Å². The van der Waals surface area contributed by atoms with Gasteiger partial charge in [0, 0.05) is 50.2 Å². The Morgan fingerprint density at radius 2 is 2.05 bits per heavy atom. The number of halogens is 2. The van der Waals surface area contributed by atoms with Gasteiger partial charge in [0.1, 0.15) is 11.6 Å². The number of hydrogen-bond donors (Lipinski definition) is 1. The van der Waals surface area contributed by atoms with Crippen LogP contribution < -0.4 is 5.32 Å². The minimum absolute atomic E-state index is 0.323. The molecule has 0 aliphatic carbocycles. The standard InChI is InChI=1S/C15H17F2N3O/c16-11-9-12(17)15-13(1-2-18-14(15)10-11)19-3-4-20-5-7-21-8-6-20/h1-2,9-10H,3-8H2,(H,18,19). The van der Waals surface area contributed by atoms with Gasteiger partial charge in [-0.1, -0.05) is 0 Å². The zero-order valence-corrected chi connectivity index (χ0v) is 11.6. The first kappa shape index (κ1) is 14.2. The second kappa shape index (κ2) is 6.32. The molecule has 1 aliphatic rings. The molecule has 0 saturated carbocycles. The van der Waals surface area contributed by atoms with Crippen molar-refractivity contribution in [3.8, 4) is 0 Å². The van der Waals surface area contributed by atoms with Crippen molar-refractivity contribution in [2.45, 2.75) is 0 Å². The van der Waals surface area contributed by atoms with E-state index in [0.29, 0.717) is 23.1 Å². The van der Waals surface area contributed by atoms with Crippen molar-refractivity contribution in [1.82, 2.24) is 9.88 Å². The molecule has 0 bridgehead atoms. The molecule has 1 saturated heterocycles. The van der Waals surface area contributed by atoms with Gasteiger partial charge in [0.2, 0.25) is 0 Å². The molecule has 21 heavy (non-hydrogen) atoms. The predicted molar refractivity (Wildman–Crippen MR) is 77.4 cm³/mol. The number of nitrogens with one attached hydrogen (secondary N) is 1. The van der Waals surface area contributed by atoms with Crippen molar-refractivity contribution in [1.29, 1.82) is 0 Å². The van der Waals surface area contributed by atoms with Crippen LogP contribution >= 0.6 is 0 Å². The fourth-order valence-electron chi connectivity index (χ4n) is 2.52. The maximum Gasteiger partial charge on any atom is 0.137 e. The highest BCUT2D eigenvalue weighted by molar-refractivity contribution is 5.91. The van der Waals surface area contributed by atoms with Gasteiger partial charge in [-0.2, -0.15) is 0 Å². The largest absolute Gasteiger partial charge is 0.383 e. The van der Waals surface area contributed by atoms with Crippen LogP contribution in [-0.2, 0) is 4.74 Å². The van der Waals surface area contributed by atoms with E-state index in [1.807, 2.05) is 0 Å². The molecule has 3 rings (SSSR count). The molecular formula is C15H17F2N3O. The third-order valence-electron chi connectivity index (χ3n) is 3.61. The molecule has 2 aromatic rings. The Hall–Kier alpha value is -1.79. The Morgan fingerprint density at radius 3 is 2.86 bits per heavy atom. The first-order valence-electron chi connectivity index (χ1n) is 7.02.